The number of phenols is 1. The second-order valence-corrected chi connectivity index (χ2v) is 4.27. The molecule has 0 bridgehead atoms. The van der Waals surface area contributed by atoms with Gasteiger partial charge in [-0.1, -0.05) is 11.6 Å². The van der Waals surface area contributed by atoms with Crippen molar-refractivity contribution in [2.75, 3.05) is 0 Å². The highest BCUT2D eigenvalue weighted by Gasteiger charge is 2.24. The molecule has 0 saturated heterocycles. The summed E-state index contributed by atoms with van der Waals surface area (Å²) in [7, 11) is 0. The van der Waals surface area contributed by atoms with Gasteiger partial charge in [-0.2, -0.15) is 0 Å². The quantitative estimate of drug-likeness (QED) is 0.796. The van der Waals surface area contributed by atoms with E-state index in [0.29, 0.717) is 11.1 Å². The molecule has 4 heteroatoms. The van der Waals surface area contributed by atoms with E-state index in [4.69, 9.17) is 5.73 Å². The molecule has 0 aliphatic rings. The van der Waals surface area contributed by atoms with Crippen LogP contribution in [-0.4, -0.2) is 5.11 Å². The van der Waals surface area contributed by atoms with Gasteiger partial charge in [-0.05, 0) is 26.8 Å². The summed E-state index contributed by atoms with van der Waals surface area (Å²) in [5.41, 5.74) is 5.61. The Morgan fingerprint density at radius 1 is 1.33 bits per heavy atom. The van der Waals surface area contributed by atoms with Gasteiger partial charge in [-0.25, -0.2) is 8.78 Å². The summed E-state index contributed by atoms with van der Waals surface area (Å²) in [5, 5.41) is 9.66. The SMILES string of the molecule is Cc1cc(C(F)F)c(O)c(C(C)(C)N)c1. The number of phenolic OH excluding ortho intramolecular Hbond substituents is 1. The van der Waals surface area contributed by atoms with Crippen molar-refractivity contribution < 1.29 is 13.9 Å². The number of halogens is 2. The maximum Gasteiger partial charge on any atom is 0.267 e. The molecule has 0 aromatic heterocycles. The van der Waals surface area contributed by atoms with Crippen LogP contribution in [0.4, 0.5) is 8.78 Å². The molecular formula is C11H15F2NO. The fourth-order valence-electron chi connectivity index (χ4n) is 1.46. The van der Waals surface area contributed by atoms with Crippen molar-refractivity contribution in [3.8, 4) is 5.75 Å². The molecule has 0 atom stereocenters. The second-order valence-electron chi connectivity index (χ2n) is 4.27. The highest BCUT2D eigenvalue weighted by atomic mass is 19.3. The highest BCUT2D eigenvalue weighted by molar-refractivity contribution is 5.47. The predicted molar refractivity (Wildman–Crippen MR) is 55.0 cm³/mol. The third kappa shape index (κ3) is 2.45. The molecule has 15 heavy (non-hydrogen) atoms. The fourth-order valence-corrected chi connectivity index (χ4v) is 1.46. The normalized spacial score (nSPS) is 12.2. The molecule has 0 amide bonds. The zero-order chi connectivity index (χ0) is 11.8. The summed E-state index contributed by atoms with van der Waals surface area (Å²) in [5.74, 6) is -0.400. The minimum atomic E-state index is -2.69. The van der Waals surface area contributed by atoms with Crippen molar-refractivity contribution >= 4 is 0 Å². The van der Waals surface area contributed by atoms with E-state index in [2.05, 4.69) is 0 Å². The Bertz CT molecular complexity index is 370. The summed E-state index contributed by atoms with van der Waals surface area (Å²) in [6, 6.07) is 2.90. The van der Waals surface area contributed by atoms with Crippen LogP contribution in [-0.2, 0) is 5.54 Å². The summed E-state index contributed by atoms with van der Waals surface area (Å²) in [6.07, 6.45) is -2.69. The lowest BCUT2D eigenvalue weighted by Gasteiger charge is -2.22. The summed E-state index contributed by atoms with van der Waals surface area (Å²) in [6.45, 7) is 5.02. The molecule has 0 spiro atoms. The van der Waals surface area contributed by atoms with Crippen molar-refractivity contribution in [3.05, 3.63) is 28.8 Å². The van der Waals surface area contributed by atoms with Crippen molar-refractivity contribution in [2.24, 2.45) is 5.73 Å². The Hall–Kier alpha value is -1.16. The van der Waals surface area contributed by atoms with E-state index in [1.807, 2.05) is 0 Å². The average molecular weight is 215 g/mol. The first-order valence-electron chi connectivity index (χ1n) is 4.64. The number of hydrogen-bond acceptors (Lipinski definition) is 2. The average Bonchev–Trinajstić information content (AvgIpc) is 2.06. The Kier molecular flexibility index (Phi) is 3.00. The molecule has 0 heterocycles. The maximum atomic E-state index is 12.6. The molecule has 0 fully saturated rings. The zero-order valence-electron chi connectivity index (χ0n) is 9.01. The first kappa shape index (κ1) is 11.9. The molecule has 0 aliphatic heterocycles. The number of alkyl halides is 2. The first-order chi connectivity index (χ1) is 6.73. The standard InChI is InChI=1S/C11H15F2NO/c1-6-4-7(10(12)13)9(15)8(5-6)11(2,3)14/h4-5,10,15H,14H2,1-3H3. The van der Waals surface area contributed by atoms with Gasteiger partial charge < -0.3 is 10.8 Å². The van der Waals surface area contributed by atoms with Crippen LogP contribution in [0.2, 0.25) is 0 Å². The van der Waals surface area contributed by atoms with Crippen molar-refractivity contribution in [3.63, 3.8) is 0 Å². The molecule has 3 N–H and O–H groups in total. The van der Waals surface area contributed by atoms with E-state index in [0.717, 1.165) is 0 Å². The topological polar surface area (TPSA) is 46.2 Å². The molecule has 0 saturated carbocycles. The molecule has 0 unspecified atom stereocenters. The number of nitrogens with two attached hydrogens (primary N) is 1. The van der Waals surface area contributed by atoms with E-state index < -0.39 is 17.7 Å². The van der Waals surface area contributed by atoms with Crippen molar-refractivity contribution in [1.82, 2.24) is 0 Å². The van der Waals surface area contributed by atoms with Gasteiger partial charge in [0.25, 0.3) is 6.43 Å². The Labute approximate surface area is 87.7 Å². The molecule has 0 radical (unpaired) electrons. The molecule has 84 valence electrons. The van der Waals surface area contributed by atoms with Gasteiger partial charge in [0.15, 0.2) is 0 Å². The lowest BCUT2D eigenvalue weighted by molar-refractivity contribution is 0.147. The van der Waals surface area contributed by atoms with Crippen LogP contribution in [0.25, 0.3) is 0 Å². The molecule has 1 aromatic carbocycles. The van der Waals surface area contributed by atoms with Crippen LogP contribution in [0, 0.1) is 6.92 Å². The minimum absolute atomic E-state index is 0.345. The second kappa shape index (κ2) is 3.77. The molecule has 1 aromatic rings. The summed E-state index contributed by atoms with van der Waals surface area (Å²) < 4.78 is 25.2. The molecule has 1 rings (SSSR count). The largest absolute Gasteiger partial charge is 0.507 e. The summed E-state index contributed by atoms with van der Waals surface area (Å²) >= 11 is 0. The number of aryl methyl sites for hydroxylation is 1. The van der Waals surface area contributed by atoms with Crippen LogP contribution < -0.4 is 5.73 Å². The Morgan fingerprint density at radius 2 is 1.87 bits per heavy atom. The van der Waals surface area contributed by atoms with Crippen molar-refractivity contribution in [1.29, 1.82) is 0 Å². The number of aromatic hydroxyl groups is 1. The summed E-state index contributed by atoms with van der Waals surface area (Å²) in [4.78, 5) is 0. The van der Waals surface area contributed by atoms with Gasteiger partial charge in [0, 0.05) is 11.1 Å². The lowest BCUT2D eigenvalue weighted by atomic mass is 9.91. The maximum absolute atomic E-state index is 12.6. The zero-order valence-corrected chi connectivity index (χ0v) is 9.01. The third-order valence-corrected chi connectivity index (χ3v) is 2.21. The van der Waals surface area contributed by atoms with Crippen LogP contribution in [0.5, 0.6) is 5.75 Å². The van der Waals surface area contributed by atoms with Crippen LogP contribution in [0.1, 0.15) is 37.0 Å². The number of hydrogen-bond donors (Lipinski definition) is 2. The highest BCUT2D eigenvalue weighted by Crippen LogP contribution is 2.36. The van der Waals surface area contributed by atoms with Crippen LogP contribution in [0.3, 0.4) is 0 Å². The smallest absolute Gasteiger partial charge is 0.267 e. The number of benzene rings is 1. The van der Waals surface area contributed by atoms with E-state index >= 15 is 0 Å². The fraction of sp³-hybridized carbons (Fsp3) is 0.455. The van der Waals surface area contributed by atoms with Crippen LogP contribution >= 0.6 is 0 Å². The van der Waals surface area contributed by atoms with E-state index in [1.54, 1.807) is 26.8 Å². The van der Waals surface area contributed by atoms with E-state index in [-0.39, 0.29) is 5.56 Å². The van der Waals surface area contributed by atoms with Gasteiger partial charge in [0.1, 0.15) is 5.75 Å². The van der Waals surface area contributed by atoms with Crippen molar-refractivity contribution in [2.45, 2.75) is 32.7 Å². The Balaban J connectivity index is 3.42. The van der Waals surface area contributed by atoms with Gasteiger partial charge >= 0.3 is 0 Å². The van der Waals surface area contributed by atoms with Gasteiger partial charge in [-0.15, -0.1) is 0 Å². The molecule has 2 nitrogen and oxygen atoms in total. The van der Waals surface area contributed by atoms with E-state index in [9.17, 15) is 13.9 Å². The van der Waals surface area contributed by atoms with Crippen LogP contribution in [0.15, 0.2) is 12.1 Å². The Morgan fingerprint density at radius 3 is 2.27 bits per heavy atom. The lowest BCUT2D eigenvalue weighted by Crippen LogP contribution is -2.29. The molecular weight excluding hydrogens is 200 g/mol. The third-order valence-electron chi connectivity index (χ3n) is 2.21. The predicted octanol–water partition coefficient (Wildman–Crippen LogP) is 2.83. The molecule has 0 aliphatic carbocycles. The minimum Gasteiger partial charge on any atom is -0.507 e. The van der Waals surface area contributed by atoms with Gasteiger partial charge in [0.05, 0.1) is 5.56 Å². The number of rotatable bonds is 2. The first-order valence-corrected chi connectivity index (χ1v) is 4.64. The van der Waals surface area contributed by atoms with Gasteiger partial charge in [0.2, 0.25) is 0 Å². The monoisotopic (exact) mass is 215 g/mol. The van der Waals surface area contributed by atoms with Gasteiger partial charge in [-0.3, -0.25) is 0 Å². The van der Waals surface area contributed by atoms with E-state index in [1.165, 1.54) is 6.07 Å².